The minimum atomic E-state index is -0.487. The number of hydrogen-bond donors (Lipinski definition) is 0. The molecule has 3 aromatic heterocycles. The van der Waals surface area contributed by atoms with Crippen LogP contribution in [-0.4, -0.2) is 30.7 Å². The Kier molecular flexibility index (Phi) is 5.62. The summed E-state index contributed by atoms with van der Waals surface area (Å²) in [6.45, 7) is 2.28. The number of aryl methyl sites for hydroxylation is 1. The zero-order valence-corrected chi connectivity index (χ0v) is 19.4. The molecule has 0 radical (unpaired) electrons. The first-order chi connectivity index (χ1) is 15.9. The summed E-state index contributed by atoms with van der Waals surface area (Å²) in [5.41, 5.74) is 3.22. The predicted molar refractivity (Wildman–Crippen MR) is 126 cm³/mol. The zero-order valence-electron chi connectivity index (χ0n) is 17.1. The van der Waals surface area contributed by atoms with Crippen LogP contribution in [0.4, 0.5) is 0 Å². The Morgan fingerprint density at radius 2 is 1.94 bits per heavy atom. The molecule has 0 aliphatic heterocycles. The van der Waals surface area contributed by atoms with Gasteiger partial charge in [0.25, 0.3) is 11.7 Å². The Hall–Kier alpha value is -3.26. The van der Waals surface area contributed by atoms with E-state index in [1.54, 1.807) is 24.3 Å². The summed E-state index contributed by atoms with van der Waals surface area (Å²) < 4.78 is 7.07. The van der Waals surface area contributed by atoms with Gasteiger partial charge >= 0.3 is 0 Å². The Morgan fingerprint density at radius 3 is 2.70 bits per heavy atom. The van der Waals surface area contributed by atoms with E-state index in [2.05, 4.69) is 20.3 Å². The van der Waals surface area contributed by atoms with E-state index in [4.69, 9.17) is 39.3 Å². The summed E-state index contributed by atoms with van der Waals surface area (Å²) in [5.74, 6) is -0.516. The fourth-order valence-electron chi connectivity index (χ4n) is 3.58. The van der Waals surface area contributed by atoms with Crippen LogP contribution in [-0.2, 0) is 6.54 Å². The van der Waals surface area contributed by atoms with E-state index in [0.29, 0.717) is 27.7 Å². The van der Waals surface area contributed by atoms with Crippen LogP contribution in [0.1, 0.15) is 27.4 Å². The third kappa shape index (κ3) is 3.99. The maximum Gasteiger partial charge on any atom is 0.299 e. The second-order valence-corrected chi connectivity index (χ2v) is 8.57. The average Bonchev–Trinajstić information content (AvgIpc) is 3.39. The molecule has 0 amide bonds. The van der Waals surface area contributed by atoms with E-state index < -0.39 is 5.78 Å². The Bertz CT molecular complexity index is 1510. The second kappa shape index (κ2) is 8.59. The number of carbonyl (C=O) groups excluding carboxylic acids is 1. The lowest BCUT2D eigenvalue weighted by molar-refractivity contribution is 0.0995. The van der Waals surface area contributed by atoms with Crippen molar-refractivity contribution in [2.24, 2.45) is 0 Å². The molecule has 0 N–H and O–H groups in total. The maximum atomic E-state index is 13.4. The number of nitrogens with zero attached hydrogens (tertiary/aromatic N) is 5. The lowest BCUT2D eigenvalue weighted by atomic mass is 10.1. The number of ketones is 1. The van der Waals surface area contributed by atoms with Crippen LogP contribution in [0.25, 0.3) is 22.4 Å². The molecule has 0 aliphatic rings. The van der Waals surface area contributed by atoms with E-state index >= 15 is 0 Å². The van der Waals surface area contributed by atoms with Gasteiger partial charge in [0.05, 0.1) is 17.6 Å². The minimum absolute atomic E-state index is 0.162. The van der Waals surface area contributed by atoms with Gasteiger partial charge in [0.1, 0.15) is 10.8 Å². The lowest BCUT2D eigenvalue weighted by Crippen LogP contribution is -2.04. The zero-order chi connectivity index (χ0) is 23.1. The second-order valence-electron chi connectivity index (χ2n) is 7.37. The summed E-state index contributed by atoms with van der Waals surface area (Å²) in [7, 11) is 0. The van der Waals surface area contributed by atoms with Gasteiger partial charge in [-0.3, -0.25) is 4.79 Å². The summed E-state index contributed by atoms with van der Waals surface area (Å²) in [6, 6.07) is 14.4. The molecule has 0 spiro atoms. The Labute approximate surface area is 202 Å². The topological polar surface area (TPSA) is 86.7 Å². The number of fused-ring (bicyclic) bond motifs is 1. The molecular formula is C23H14Cl3N5O2. The predicted octanol–water partition coefficient (Wildman–Crippen LogP) is 6.03. The van der Waals surface area contributed by atoms with Gasteiger partial charge in [-0.05, 0) is 48.9 Å². The smallest absolute Gasteiger partial charge is 0.299 e. The van der Waals surface area contributed by atoms with Gasteiger partial charge in [-0.2, -0.15) is 10.1 Å². The molecule has 0 unspecified atom stereocenters. The largest absolute Gasteiger partial charge is 0.330 e. The average molecular weight is 499 g/mol. The van der Waals surface area contributed by atoms with Crippen molar-refractivity contribution >= 4 is 51.5 Å². The van der Waals surface area contributed by atoms with Crippen molar-refractivity contribution < 1.29 is 9.32 Å². The minimum Gasteiger partial charge on any atom is -0.330 e. The molecule has 5 aromatic rings. The molecule has 0 atom stereocenters. The van der Waals surface area contributed by atoms with Crippen LogP contribution < -0.4 is 0 Å². The summed E-state index contributed by atoms with van der Waals surface area (Å²) in [6.07, 6.45) is 1.53. The monoisotopic (exact) mass is 497 g/mol. The highest BCUT2D eigenvalue weighted by molar-refractivity contribution is 6.37. The normalized spacial score (nSPS) is 11.3. The quantitative estimate of drug-likeness (QED) is 0.275. The van der Waals surface area contributed by atoms with E-state index in [9.17, 15) is 4.79 Å². The number of carbonyl (C=O) groups is 1. The Morgan fingerprint density at radius 1 is 1.09 bits per heavy atom. The van der Waals surface area contributed by atoms with Gasteiger partial charge in [-0.25, -0.2) is 0 Å². The van der Waals surface area contributed by atoms with Crippen LogP contribution in [0, 0.1) is 6.92 Å². The van der Waals surface area contributed by atoms with Gasteiger partial charge < -0.3 is 9.09 Å². The molecule has 0 aliphatic carbocycles. The molecule has 3 heterocycles. The van der Waals surface area contributed by atoms with E-state index in [1.807, 2.05) is 35.8 Å². The molecule has 33 heavy (non-hydrogen) atoms. The SMILES string of the molecule is Cc1ccc2c(c1)c(C(=O)c1nc(-c3cccnn3)no1)c(Cl)n2Cc1ccc(Cl)cc1Cl. The van der Waals surface area contributed by atoms with Crippen molar-refractivity contribution in [3.8, 4) is 11.5 Å². The summed E-state index contributed by atoms with van der Waals surface area (Å²) >= 11 is 19.2. The van der Waals surface area contributed by atoms with Crippen LogP contribution in [0.3, 0.4) is 0 Å². The fraction of sp³-hybridized carbons (Fsp3) is 0.0870. The van der Waals surface area contributed by atoms with Gasteiger partial charge in [0.15, 0.2) is 0 Å². The Balaban J connectivity index is 1.61. The molecule has 5 rings (SSSR count). The van der Waals surface area contributed by atoms with Gasteiger partial charge in [0, 0.05) is 21.6 Å². The third-order valence-electron chi connectivity index (χ3n) is 5.15. The van der Waals surface area contributed by atoms with Crippen molar-refractivity contribution in [1.29, 1.82) is 0 Å². The maximum absolute atomic E-state index is 13.4. The van der Waals surface area contributed by atoms with Crippen molar-refractivity contribution in [2.45, 2.75) is 13.5 Å². The molecule has 0 fully saturated rings. The first kappa shape index (κ1) is 21.6. The van der Waals surface area contributed by atoms with E-state index in [1.165, 1.54) is 6.20 Å². The van der Waals surface area contributed by atoms with Crippen molar-refractivity contribution in [3.63, 3.8) is 0 Å². The van der Waals surface area contributed by atoms with Gasteiger partial charge in [-0.15, -0.1) is 5.10 Å². The number of benzene rings is 2. The highest BCUT2D eigenvalue weighted by atomic mass is 35.5. The molecule has 7 nitrogen and oxygen atoms in total. The molecule has 2 aromatic carbocycles. The number of halogens is 3. The lowest BCUT2D eigenvalue weighted by Gasteiger charge is -2.10. The number of hydrogen-bond acceptors (Lipinski definition) is 6. The van der Waals surface area contributed by atoms with Crippen LogP contribution in [0.2, 0.25) is 15.2 Å². The molecule has 0 saturated heterocycles. The van der Waals surface area contributed by atoms with Gasteiger partial charge in [-0.1, -0.05) is 57.7 Å². The van der Waals surface area contributed by atoms with Crippen LogP contribution >= 0.6 is 34.8 Å². The molecule has 0 bridgehead atoms. The highest BCUT2D eigenvalue weighted by Gasteiger charge is 2.27. The van der Waals surface area contributed by atoms with Crippen molar-refractivity contribution in [1.82, 2.24) is 24.9 Å². The van der Waals surface area contributed by atoms with Crippen molar-refractivity contribution in [3.05, 3.63) is 92.5 Å². The molecular weight excluding hydrogens is 485 g/mol. The number of rotatable bonds is 5. The van der Waals surface area contributed by atoms with Crippen LogP contribution in [0.15, 0.2) is 59.3 Å². The molecule has 0 saturated carbocycles. The highest BCUT2D eigenvalue weighted by Crippen LogP contribution is 2.34. The first-order valence-corrected chi connectivity index (χ1v) is 10.9. The van der Waals surface area contributed by atoms with Crippen LogP contribution in [0.5, 0.6) is 0 Å². The summed E-state index contributed by atoms with van der Waals surface area (Å²) in [4.78, 5) is 17.7. The molecule has 10 heteroatoms. The summed E-state index contributed by atoms with van der Waals surface area (Å²) in [5, 5.41) is 13.6. The standard InChI is InChI=1S/C23H14Cl3N5O2/c1-12-4-7-18-15(9-12)19(21(26)31(18)11-13-5-6-14(24)10-16(13)25)20(32)23-28-22(30-33-23)17-3-2-8-27-29-17/h2-10H,11H2,1H3. The first-order valence-electron chi connectivity index (χ1n) is 9.81. The van der Waals surface area contributed by atoms with E-state index in [-0.39, 0.29) is 22.4 Å². The molecule has 164 valence electrons. The van der Waals surface area contributed by atoms with E-state index in [0.717, 1.165) is 16.6 Å². The fourth-order valence-corrected chi connectivity index (χ4v) is 4.38. The van der Waals surface area contributed by atoms with Gasteiger partial charge in [0.2, 0.25) is 5.82 Å². The van der Waals surface area contributed by atoms with Crippen molar-refractivity contribution in [2.75, 3.05) is 0 Å². The third-order valence-corrected chi connectivity index (χ3v) is 6.13. The number of aromatic nitrogens is 5.